The Morgan fingerprint density at radius 1 is 1.43 bits per heavy atom. The van der Waals surface area contributed by atoms with Crippen LogP contribution in [-0.2, 0) is 4.79 Å². The fourth-order valence-corrected chi connectivity index (χ4v) is 2.18. The van der Waals surface area contributed by atoms with Crippen LogP contribution in [-0.4, -0.2) is 43.6 Å². The van der Waals surface area contributed by atoms with Crippen molar-refractivity contribution < 1.29 is 9.53 Å². The molecule has 132 valence electrons. The summed E-state index contributed by atoms with van der Waals surface area (Å²) in [6.45, 7) is 5.08. The van der Waals surface area contributed by atoms with Crippen LogP contribution in [0.3, 0.4) is 0 Å². The van der Waals surface area contributed by atoms with Crippen molar-refractivity contribution in [3.8, 4) is 5.75 Å². The number of benzene rings is 1. The highest BCUT2D eigenvalue weighted by Crippen LogP contribution is 2.28. The van der Waals surface area contributed by atoms with Crippen molar-refractivity contribution in [3.63, 3.8) is 0 Å². The number of carbonyl (C=O) groups is 1. The largest absolute Gasteiger partial charge is 0.491 e. The van der Waals surface area contributed by atoms with Gasteiger partial charge in [-0.1, -0.05) is 24.9 Å². The van der Waals surface area contributed by atoms with Gasteiger partial charge in [-0.25, -0.2) is 0 Å². The highest BCUT2D eigenvalue weighted by atomic mass is 35.5. The van der Waals surface area contributed by atoms with E-state index < -0.39 is 5.54 Å². The summed E-state index contributed by atoms with van der Waals surface area (Å²) in [5.74, 6) is 0.386. The molecular formula is C16H27Cl2N3O2. The molecule has 0 heterocycles. The summed E-state index contributed by atoms with van der Waals surface area (Å²) < 4.78 is 5.60. The molecular weight excluding hydrogens is 337 g/mol. The van der Waals surface area contributed by atoms with Crippen LogP contribution >= 0.6 is 24.0 Å². The lowest BCUT2D eigenvalue weighted by molar-refractivity contribution is -0.120. The molecule has 0 aliphatic carbocycles. The number of hydrogen-bond donors (Lipinski definition) is 2. The number of likely N-dealkylation sites (N-methyl/N-ethyl adjacent to an activating group) is 1. The molecule has 0 aliphatic heterocycles. The van der Waals surface area contributed by atoms with Crippen molar-refractivity contribution in [2.75, 3.05) is 32.6 Å². The van der Waals surface area contributed by atoms with Crippen molar-refractivity contribution in [2.45, 2.75) is 32.2 Å². The van der Waals surface area contributed by atoms with Crippen molar-refractivity contribution >= 4 is 35.6 Å². The normalized spacial score (nSPS) is 13.2. The summed E-state index contributed by atoms with van der Waals surface area (Å²) >= 11 is 6.18. The van der Waals surface area contributed by atoms with E-state index in [0.717, 1.165) is 13.0 Å². The number of nitrogens with two attached hydrogens (primary N) is 1. The molecule has 23 heavy (non-hydrogen) atoms. The van der Waals surface area contributed by atoms with Crippen molar-refractivity contribution in [2.24, 2.45) is 5.73 Å². The van der Waals surface area contributed by atoms with Gasteiger partial charge < -0.3 is 20.7 Å². The molecule has 0 aliphatic rings. The van der Waals surface area contributed by atoms with Gasteiger partial charge in [-0.05, 0) is 45.6 Å². The Morgan fingerprint density at radius 3 is 2.61 bits per heavy atom. The molecule has 1 rings (SSSR count). The van der Waals surface area contributed by atoms with Gasteiger partial charge in [0.15, 0.2) is 0 Å². The minimum atomic E-state index is -0.887. The summed E-state index contributed by atoms with van der Waals surface area (Å²) in [4.78, 5) is 14.2. The standard InChI is InChI=1S/C16H26ClN3O2.ClH/c1-5-8-16(2,18)15(21)19-12-6-7-14(13(17)11-12)22-10-9-20(3)4;/h6-7,11H,5,8-10,18H2,1-4H3,(H,19,21);1H. The van der Waals surface area contributed by atoms with Gasteiger partial charge in [-0.3, -0.25) is 4.79 Å². The summed E-state index contributed by atoms with van der Waals surface area (Å²) in [6, 6.07) is 5.19. The van der Waals surface area contributed by atoms with Crippen molar-refractivity contribution in [1.82, 2.24) is 4.90 Å². The number of nitrogens with one attached hydrogen (secondary N) is 1. The maximum atomic E-state index is 12.2. The van der Waals surface area contributed by atoms with Crippen LogP contribution in [0.25, 0.3) is 0 Å². The van der Waals surface area contributed by atoms with E-state index >= 15 is 0 Å². The summed E-state index contributed by atoms with van der Waals surface area (Å²) in [6.07, 6.45) is 1.47. The van der Waals surface area contributed by atoms with E-state index in [1.807, 2.05) is 25.9 Å². The number of carbonyl (C=O) groups excluding carboxylic acids is 1. The Morgan fingerprint density at radius 2 is 2.09 bits per heavy atom. The van der Waals surface area contributed by atoms with E-state index in [4.69, 9.17) is 22.1 Å². The number of rotatable bonds is 8. The van der Waals surface area contributed by atoms with Crippen LogP contribution in [0.1, 0.15) is 26.7 Å². The van der Waals surface area contributed by atoms with E-state index in [0.29, 0.717) is 29.5 Å². The topological polar surface area (TPSA) is 67.6 Å². The van der Waals surface area contributed by atoms with Crippen LogP contribution < -0.4 is 15.8 Å². The van der Waals surface area contributed by atoms with Gasteiger partial charge in [-0.15, -0.1) is 12.4 Å². The molecule has 1 atom stereocenters. The number of amides is 1. The van der Waals surface area contributed by atoms with Gasteiger partial charge in [0.25, 0.3) is 0 Å². The first-order valence-electron chi connectivity index (χ1n) is 7.43. The van der Waals surface area contributed by atoms with Gasteiger partial charge in [0.1, 0.15) is 12.4 Å². The molecule has 1 unspecified atom stereocenters. The Balaban J connectivity index is 0.00000484. The van der Waals surface area contributed by atoms with E-state index in [9.17, 15) is 4.79 Å². The third kappa shape index (κ3) is 7.40. The van der Waals surface area contributed by atoms with Crippen molar-refractivity contribution in [3.05, 3.63) is 23.2 Å². The van der Waals surface area contributed by atoms with Gasteiger partial charge in [0.05, 0.1) is 10.6 Å². The van der Waals surface area contributed by atoms with E-state index in [2.05, 4.69) is 5.32 Å². The third-order valence-corrected chi connectivity index (χ3v) is 3.57. The lowest BCUT2D eigenvalue weighted by Crippen LogP contribution is -2.48. The second kappa shape index (κ2) is 9.98. The molecule has 1 amide bonds. The number of nitrogens with zero attached hydrogens (tertiary/aromatic N) is 1. The number of anilines is 1. The van der Waals surface area contributed by atoms with Gasteiger partial charge in [-0.2, -0.15) is 0 Å². The van der Waals surface area contributed by atoms with Crippen LogP contribution in [0.15, 0.2) is 18.2 Å². The van der Waals surface area contributed by atoms with E-state index in [-0.39, 0.29) is 18.3 Å². The summed E-state index contributed by atoms with van der Waals surface area (Å²) in [5, 5.41) is 3.26. The lowest BCUT2D eigenvalue weighted by Gasteiger charge is -2.23. The SMILES string of the molecule is CCCC(C)(N)C(=O)Nc1ccc(OCCN(C)C)c(Cl)c1.Cl. The van der Waals surface area contributed by atoms with Gasteiger partial charge in [0, 0.05) is 12.2 Å². The zero-order valence-corrected chi connectivity index (χ0v) is 15.8. The zero-order valence-electron chi connectivity index (χ0n) is 14.2. The third-order valence-electron chi connectivity index (χ3n) is 3.27. The van der Waals surface area contributed by atoms with Gasteiger partial charge in [0.2, 0.25) is 5.91 Å². The summed E-state index contributed by atoms with van der Waals surface area (Å²) in [7, 11) is 3.95. The first-order valence-corrected chi connectivity index (χ1v) is 7.81. The fraction of sp³-hybridized carbons (Fsp3) is 0.562. The highest BCUT2D eigenvalue weighted by molar-refractivity contribution is 6.32. The molecule has 0 radical (unpaired) electrons. The zero-order chi connectivity index (χ0) is 16.8. The van der Waals surface area contributed by atoms with Crippen molar-refractivity contribution in [1.29, 1.82) is 0 Å². The van der Waals surface area contributed by atoms with E-state index in [1.54, 1.807) is 25.1 Å². The average molecular weight is 364 g/mol. The van der Waals surface area contributed by atoms with Crippen LogP contribution in [0, 0.1) is 0 Å². The Hall–Kier alpha value is -1.01. The number of hydrogen-bond acceptors (Lipinski definition) is 4. The predicted molar refractivity (Wildman–Crippen MR) is 98.9 cm³/mol. The lowest BCUT2D eigenvalue weighted by atomic mass is 9.96. The molecule has 3 N–H and O–H groups in total. The molecule has 0 spiro atoms. The molecule has 0 saturated carbocycles. The van der Waals surface area contributed by atoms with Crippen LogP contribution in [0.5, 0.6) is 5.75 Å². The first-order chi connectivity index (χ1) is 10.3. The Kier molecular flexibility index (Phi) is 9.54. The molecule has 1 aromatic rings. The average Bonchev–Trinajstić information content (AvgIpc) is 2.40. The molecule has 0 bridgehead atoms. The highest BCUT2D eigenvalue weighted by Gasteiger charge is 2.27. The maximum absolute atomic E-state index is 12.2. The summed E-state index contributed by atoms with van der Waals surface area (Å²) in [5.41, 5.74) is 5.73. The molecule has 5 nitrogen and oxygen atoms in total. The minimum Gasteiger partial charge on any atom is -0.491 e. The predicted octanol–water partition coefficient (Wildman–Crippen LogP) is 3.16. The first kappa shape index (κ1) is 22.0. The molecule has 0 saturated heterocycles. The number of ether oxygens (including phenoxy) is 1. The van der Waals surface area contributed by atoms with Crippen LogP contribution in [0.2, 0.25) is 5.02 Å². The van der Waals surface area contributed by atoms with Gasteiger partial charge >= 0.3 is 0 Å². The Labute approximate surface area is 149 Å². The molecule has 1 aromatic carbocycles. The minimum absolute atomic E-state index is 0. The smallest absolute Gasteiger partial charge is 0.244 e. The van der Waals surface area contributed by atoms with Crippen LogP contribution in [0.4, 0.5) is 5.69 Å². The Bertz CT molecular complexity index is 508. The monoisotopic (exact) mass is 363 g/mol. The second-order valence-corrected chi connectivity index (χ2v) is 6.33. The molecule has 7 heteroatoms. The second-order valence-electron chi connectivity index (χ2n) is 5.92. The quantitative estimate of drug-likeness (QED) is 0.744. The molecule has 0 aromatic heterocycles. The molecule has 0 fully saturated rings. The maximum Gasteiger partial charge on any atom is 0.244 e. The fourth-order valence-electron chi connectivity index (χ4n) is 1.94. The van der Waals surface area contributed by atoms with E-state index in [1.165, 1.54) is 0 Å². The number of halogens is 2.